The molecule has 0 amide bonds. The summed E-state index contributed by atoms with van der Waals surface area (Å²) in [7, 11) is 0. The van der Waals surface area contributed by atoms with Crippen molar-refractivity contribution in [2.75, 3.05) is 10.6 Å². The van der Waals surface area contributed by atoms with Crippen molar-refractivity contribution >= 4 is 47.8 Å². The first-order valence-corrected chi connectivity index (χ1v) is 7.19. The van der Waals surface area contributed by atoms with Gasteiger partial charge in [0.1, 0.15) is 0 Å². The Balaban J connectivity index is 0.00000144. The van der Waals surface area contributed by atoms with Gasteiger partial charge in [-0.15, -0.1) is 24.8 Å². The summed E-state index contributed by atoms with van der Waals surface area (Å²) in [6.07, 6.45) is 3.36. The van der Waals surface area contributed by atoms with Crippen molar-refractivity contribution in [2.45, 2.75) is 13.8 Å². The van der Waals surface area contributed by atoms with Crippen molar-refractivity contribution in [1.29, 1.82) is 0 Å². The van der Waals surface area contributed by atoms with Crippen molar-refractivity contribution in [3.8, 4) is 0 Å². The van der Waals surface area contributed by atoms with Crippen LogP contribution in [0.4, 0.5) is 23.0 Å². The first kappa shape index (κ1) is 19.7. The van der Waals surface area contributed by atoms with Crippen LogP contribution in [0.5, 0.6) is 0 Å². The Morgan fingerprint density at radius 1 is 0.667 bits per heavy atom. The molecule has 0 atom stereocenters. The van der Waals surface area contributed by atoms with Gasteiger partial charge in [0.25, 0.3) is 0 Å². The molecule has 0 saturated heterocycles. The van der Waals surface area contributed by atoms with Crippen LogP contribution in [0.15, 0.2) is 60.9 Å². The second-order valence-electron chi connectivity index (χ2n) is 5.25. The molecule has 0 spiro atoms. The van der Waals surface area contributed by atoms with Crippen LogP contribution in [-0.2, 0) is 0 Å². The number of rotatable bonds is 4. The van der Waals surface area contributed by atoms with Gasteiger partial charge in [0.05, 0.1) is 0 Å². The van der Waals surface area contributed by atoms with Gasteiger partial charge >= 0.3 is 0 Å². The zero-order chi connectivity index (χ0) is 15.4. The van der Waals surface area contributed by atoms with Gasteiger partial charge in [-0.2, -0.15) is 0 Å². The van der Waals surface area contributed by atoms with Gasteiger partial charge in [-0.3, -0.25) is 0 Å². The first-order chi connectivity index (χ1) is 10.7. The van der Waals surface area contributed by atoms with E-state index in [0.717, 1.165) is 11.4 Å². The topological polar surface area (TPSA) is 49.8 Å². The molecule has 0 aliphatic carbocycles. The lowest BCUT2D eigenvalue weighted by molar-refractivity contribution is 1.19. The Hall–Kier alpha value is -2.30. The number of nitrogens with zero attached hydrogens (tertiary/aromatic N) is 2. The number of anilines is 4. The summed E-state index contributed by atoms with van der Waals surface area (Å²) < 4.78 is 0. The molecule has 3 rings (SSSR count). The third kappa shape index (κ3) is 5.11. The predicted octanol–water partition coefficient (Wildman–Crippen LogP) is 5.42. The van der Waals surface area contributed by atoms with E-state index in [9.17, 15) is 0 Å². The fourth-order valence-corrected chi connectivity index (χ4v) is 2.36. The highest BCUT2D eigenvalue weighted by molar-refractivity contribution is 5.85. The minimum Gasteiger partial charge on any atom is -0.337 e. The quantitative estimate of drug-likeness (QED) is 0.649. The highest BCUT2D eigenvalue weighted by Gasteiger charge is 2.06. The average molecular weight is 363 g/mol. The molecule has 2 N–H and O–H groups in total. The zero-order valence-electron chi connectivity index (χ0n) is 13.5. The molecule has 0 fully saturated rings. The maximum Gasteiger partial charge on any atom is 0.173 e. The van der Waals surface area contributed by atoms with Crippen LogP contribution in [0.2, 0.25) is 0 Å². The molecule has 0 bridgehead atoms. The highest BCUT2D eigenvalue weighted by atomic mass is 35.5. The Kier molecular flexibility index (Phi) is 7.49. The predicted molar refractivity (Wildman–Crippen MR) is 105 cm³/mol. The molecule has 6 heteroatoms. The summed E-state index contributed by atoms with van der Waals surface area (Å²) in [6.45, 7) is 4.16. The van der Waals surface area contributed by atoms with E-state index in [4.69, 9.17) is 0 Å². The normalized spacial score (nSPS) is 9.42. The minimum atomic E-state index is 0. The molecule has 0 aliphatic heterocycles. The summed E-state index contributed by atoms with van der Waals surface area (Å²) >= 11 is 0. The number of aryl methyl sites for hydroxylation is 2. The molecular formula is C18H20Cl2N4. The molecule has 0 aliphatic rings. The van der Waals surface area contributed by atoms with E-state index < -0.39 is 0 Å². The molecule has 3 aromatic rings. The molecule has 24 heavy (non-hydrogen) atoms. The zero-order valence-corrected chi connectivity index (χ0v) is 15.1. The standard InChI is InChI=1S/C18H18N4.2ClH/c1-13-10-14(2)12-16(11-13)22-18-17(19-8-9-20-18)21-15-6-4-3-5-7-15;;/h3-12H,1-2H3,(H,19,21)(H,20,22);2*1H. The van der Waals surface area contributed by atoms with E-state index in [1.807, 2.05) is 30.3 Å². The second kappa shape index (κ2) is 9.11. The summed E-state index contributed by atoms with van der Waals surface area (Å²) in [5.41, 5.74) is 4.41. The van der Waals surface area contributed by atoms with Gasteiger partial charge < -0.3 is 10.6 Å². The van der Waals surface area contributed by atoms with E-state index in [0.29, 0.717) is 11.6 Å². The van der Waals surface area contributed by atoms with Crippen LogP contribution in [0.25, 0.3) is 0 Å². The third-order valence-corrected chi connectivity index (χ3v) is 3.22. The van der Waals surface area contributed by atoms with E-state index in [1.165, 1.54) is 11.1 Å². The summed E-state index contributed by atoms with van der Waals surface area (Å²) in [5, 5.41) is 6.62. The van der Waals surface area contributed by atoms with Crippen molar-refractivity contribution in [3.05, 3.63) is 72.1 Å². The molecule has 0 unspecified atom stereocenters. The Morgan fingerprint density at radius 2 is 1.17 bits per heavy atom. The molecule has 2 aromatic carbocycles. The van der Waals surface area contributed by atoms with E-state index in [-0.39, 0.29) is 24.8 Å². The lowest BCUT2D eigenvalue weighted by atomic mass is 10.1. The van der Waals surface area contributed by atoms with Crippen LogP contribution < -0.4 is 10.6 Å². The van der Waals surface area contributed by atoms with Gasteiger partial charge in [-0.25, -0.2) is 9.97 Å². The molecule has 1 aromatic heterocycles. The number of halogens is 2. The molecule has 126 valence electrons. The number of para-hydroxylation sites is 1. The molecule has 1 heterocycles. The van der Waals surface area contributed by atoms with E-state index >= 15 is 0 Å². The maximum atomic E-state index is 4.39. The first-order valence-electron chi connectivity index (χ1n) is 7.19. The van der Waals surface area contributed by atoms with Crippen molar-refractivity contribution in [2.24, 2.45) is 0 Å². The number of hydrogen-bond donors (Lipinski definition) is 2. The summed E-state index contributed by atoms with van der Waals surface area (Å²) in [6, 6.07) is 16.3. The fourth-order valence-electron chi connectivity index (χ4n) is 2.36. The van der Waals surface area contributed by atoms with Gasteiger partial charge in [-0.05, 0) is 49.2 Å². The van der Waals surface area contributed by atoms with Gasteiger partial charge in [-0.1, -0.05) is 24.3 Å². The summed E-state index contributed by atoms with van der Waals surface area (Å²) in [5.74, 6) is 1.41. The SMILES string of the molecule is Cc1cc(C)cc(Nc2nccnc2Nc2ccccc2)c1.Cl.Cl. The summed E-state index contributed by atoms with van der Waals surface area (Å²) in [4.78, 5) is 8.77. The average Bonchev–Trinajstić information content (AvgIpc) is 2.49. The second-order valence-corrected chi connectivity index (χ2v) is 5.25. The minimum absolute atomic E-state index is 0. The lowest BCUT2D eigenvalue weighted by Crippen LogP contribution is -2.02. The maximum absolute atomic E-state index is 4.39. The monoisotopic (exact) mass is 362 g/mol. The van der Waals surface area contributed by atoms with Crippen LogP contribution in [0, 0.1) is 13.8 Å². The lowest BCUT2D eigenvalue weighted by Gasteiger charge is -2.12. The molecule has 4 nitrogen and oxygen atoms in total. The molecular weight excluding hydrogens is 343 g/mol. The Bertz CT molecular complexity index is 759. The number of aromatic nitrogens is 2. The number of nitrogens with one attached hydrogen (secondary N) is 2. The van der Waals surface area contributed by atoms with Gasteiger partial charge in [0, 0.05) is 23.8 Å². The Labute approximate surface area is 154 Å². The van der Waals surface area contributed by atoms with E-state index in [1.54, 1.807) is 12.4 Å². The van der Waals surface area contributed by atoms with Gasteiger partial charge in [0.15, 0.2) is 11.6 Å². The third-order valence-electron chi connectivity index (χ3n) is 3.22. The highest BCUT2D eigenvalue weighted by Crippen LogP contribution is 2.25. The van der Waals surface area contributed by atoms with Crippen LogP contribution in [-0.4, -0.2) is 9.97 Å². The van der Waals surface area contributed by atoms with Crippen molar-refractivity contribution in [3.63, 3.8) is 0 Å². The van der Waals surface area contributed by atoms with Crippen molar-refractivity contribution < 1.29 is 0 Å². The fraction of sp³-hybridized carbons (Fsp3) is 0.111. The van der Waals surface area contributed by atoms with Crippen LogP contribution >= 0.6 is 24.8 Å². The Morgan fingerprint density at radius 3 is 1.71 bits per heavy atom. The number of hydrogen-bond acceptors (Lipinski definition) is 4. The van der Waals surface area contributed by atoms with Crippen molar-refractivity contribution in [1.82, 2.24) is 9.97 Å². The molecule has 0 saturated carbocycles. The van der Waals surface area contributed by atoms with Crippen LogP contribution in [0.1, 0.15) is 11.1 Å². The molecule has 0 radical (unpaired) electrons. The largest absolute Gasteiger partial charge is 0.337 e. The van der Waals surface area contributed by atoms with Gasteiger partial charge in [0.2, 0.25) is 0 Å². The smallest absolute Gasteiger partial charge is 0.173 e. The van der Waals surface area contributed by atoms with Crippen LogP contribution in [0.3, 0.4) is 0 Å². The van der Waals surface area contributed by atoms with E-state index in [2.05, 4.69) is 52.6 Å². The number of benzene rings is 2.